The average molecular weight is 884 g/mol. The van der Waals surface area contributed by atoms with Gasteiger partial charge in [0.05, 0.1) is 11.0 Å². The lowest BCUT2D eigenvalue weighted by molar-refractivity contribution is 0.591. The molecule has 0 aliphatic carbocycles. The minimum Gasteiger partial charge on any atom is -0.309 e. The number of aromatic nitrogens is 1. The van der Waals surface area contributed by atoms with Gasteiger partial charge in [-0.2, -0.15) is 0 Å². The van der Waals surface area contributed by atoms with E-state index in [4.69, 9.17) is 0 Å². The van der Waals surface area contributed by atoms with Gasteiger partial charge >= 0.3 is 0 Å². The summed E-state index contributed by atoms with van der Waals surface area (Å²) < 4.78 is 2.40. The number of aryl methyl sites for hydroxylation is 2. The van der Waals surface area contributed by atoms with Crippen molar-refractivity contribution in [2.45, 2.75) is 40.0 Å². The number of nitrogens with zero attached hydrogens (tertiary/aromatic N) is 1. The van der Waals surface area contributed by atoms with Crippen LogP contribution in [0.3, 0.4) is 0 Å². The summed E-state index contributed by atoms with van der Waals surface area (Å²) in [7, 11) is 0. The molecule has 0 saturated carbocycles. The Hall–Kier alpha value is -8.26. The van der Waals surface area contributed by atoms with E-state index in [0.29, 0.717) is 0 Å². The Morgan fingerprint density at radius 2 is 0.638 bits per heavy atom. The van der Waals surface area contributed by atoms with Gasteiger partial charge in [-0.15, -0.1) is 0 Å². The van der Waals surface area contributed by atoms with E-state index in [-0.39, 0.29) is 5.41 Å². The normalized spacial score (nSPS) is 11.8. The van der Waals surface area contributed by atoms with E-state index in [1.165, 1.54) is 132 Å². The fourth-order valence-electron chi connectivity index (χ4n) is 10.6. The van der Waals surface area contributed by atoms with Crippen LogP contribution in [-0.2, 0) is 5.41 Å². The van der Waals surface area contributed by atoms with Crippen molar-refractivity contribution in [3.8, 4) is 72.4 Å². The molecule has 69 heavy (non-hydrogen) atoms. The largest absolute Gasteiger partial charge is 0.309 e. The molecular formula is C68H53N. The summed E-state index contributed by atoms with van der Waals surface area (Å²) in [5.41, 5.74) is 22.3. The molecule has 11 aromatic carbocycles. The maximum atomic E-state index is 2.40. The third-order valence-corrected chi connectivity index (χ3v) is 14.3. The van der Waals surface area contributed by atoms with Crippen molar-refractivity contribution in [1.29, 1.82) is 0 Å². The lowest BCUT2D eigenvalue weighted by Gasteiger charge is -2.19. The Kier molecular flexibility index (Phi) is 10.3. The van der Waals surface area contributed by atoms with Crippen LogP contribution in [-0.4, -0.2) is 4.57 Å². The molecule has 0 amide bonds. The average Bonchev–Trinajstić information content (AvgIpc) is 3.72. The van der Waals surface area contributed by atoms with Crippen LogP contribution in [0.4, 0.5) is 0 Å². The third-order valence-electron chi connectivity index (χ3n) is 14.3. The standard InChI is InChI=1S/C68H53N/c1-44-17-37-59-62(40-44)66(53-30-26-50(27-31-53)48-20-18-47(19-21-48)46-12-8-6-9-13-46)58-36-16-45(2)41-63(58)67(59)54-32-28-51(29-33-54)49-22-24-52(25-23-49)55-34-38-64-60(42-55)61-43-56(68(3,4)5)35-39-65(61)69(64)57-14-10-7-11-15-57/h6-43H,1-5H3. The molecule has 1 nitrogen and oxygen atoms in total. The molecule has 0 spiro atoms. The molecular weight excluding hydrogens is 831 g/mol. The monoisotopic (exact) mass is 883 g/mol. The van der Waals surface area contributed by atoms with E-state index in [9.17, 15) is 0 Å². The second-order valence-corrected chi connectivity index (χ2v) is 19.9. The fourth-order valence-corrected chi connectivity index (χ4v) is 10.6. The zero-order valence-corrected chi connectivity index (χ0v) is 39.9. The highest BCUT2D eigenvalue weighted by Crippen LogP contribution is 2.45. The van der Waals surface area contributed by atoms with E-state index < -0.39 is 0 Å². The first-order valence-corrected chi connectivity index (χ1v) is 24.2. The Balaban J connectivity index is 0.883. The Morgan fingerprint density at radius 3 is 1.09 bits per heavy atom. The van der Waals surface area contributed by atoms with Crippen LogP contribution < -0.4 is 0 Å². The second-order valence-electron chi connectivity index (χ2n) is 19.9. The Morgan fingerprint density at radius 1 is 0.275 bits per heavy atom. The topological polar surface area (TPSA) is 4.93 Å². The summed E-state index contributed by atoms with van der Waals surface area (Å²) >= 11 is 0. The zero-order chi connectivity index (χ0) is 46.8. The van der Waals surface area contributed by atoms with Gasteiger partial charge in [-0.3, -0.25) is 0 Å². The maximum absolute atomic E-state index is 2.40. The molecule has 0 N–H and O–H groups in total. The van der Waals surface area contributed by atoms with E-state index in [1.807, 2.05) is 0 Å². The number of rotatable bonds is 7. The van der Waals surface area contributed by atoms with Crippen molar-refractivity contribution < 1.29 is 0 Å². The highest BCUT2D eigenvalue weighted by Gasteiger charge is 2.20. The first kappa shape index (κ1) is 42.1. The van der Waals surface area contributed by atoms with Crippen molar-refractivity contribution >= 4 is 43.4 Å². The molecule has 12 aromatic rings. The van der Waals surface area contributed by atoms with Gasteiger partial charge in [0.1, 0.15) is 0 Å². The number of hydrogen-bond donors (Lipinski definition) is 0. The first-order chi connectivity index (χ1) is 33.6. The van der Waals surface area contributed by atoms with E-state index in [0.717, 1.165) is 0 Å². The molecule has 12 rings (SSSR count). The molecule has 0 saturated heterocycles. The van der Waals surface area contributed by atoms with Gasteiger partial charge in [-0.1, -0.05) is 226 Å². The van der Waals surface area contributed by atoms with Crippen LogP contribution in [0.15, 0.2) is 231 Å². The summed E-state index contributed by atoms with van der Waals surface area (Å²) in [6, 6.07) is 85.6. The minimum absolute atomic E-state index is 0.0532. The molecule has 0 fully saturated rings. The smallest absolute Gasteiger partial charge is 0.0541 e. The van der Waals surface area contributed by atoms with Crippen molar-refractivity contribution in [3.05, 3.63) is 247 Å². The summed E-state index contributed by atoms with van der Waals surface area (Å²) in [4.78, 5) is 0. The number of fused-ring (bicyclic) bond motifs is 5. The van der Waals surface area contributed by atoms with Crippen LogP contribution in [0.2, 0.25) is 0 Å². The van der Waals surface area contributed by atoms with Gasteiger partial charge in [-0.05, 0) is 150 Å². The minimum atomic E-state index is 0.0532. The van der Waals surface area contributed by atoms with Crippen molar-refractivity contribution in [3.63, 3.8) is 0 Å². The molecule has 1 heteroatoms. The summed E-state index contributed by atoms with van der Waals surface area (Å²) in [5, 5.41) is 7.65. The summed E-state index contributed by atoms with van der Waals surface area (Å²) in [6.07, 6.45) is 0. The Labute approximate surface area is 405 Å². The van der Waals surface area contributed by atoms with E-state index in [1.54, 1.807) is 0 Å². The molecule has 0 unspecified atom stereocenters. The molecule has 1 heterocycles. The summed E-state index contributed by atoms with van der Waals surface area (Å²) in [5.74, 6) is 0. The lowest BCUT2D eigenvalue weighted by atomic mass is 9.84. The SMILES string of the molecule is Cc1ccc2c(-c3ccc(-c4ccc(-c5ccc6c(c5)c5cc(C(C)(C)C)ccc5n6-c5ccccc5)cc4)cc3)c3cc(C)ccc3c(-c3ccc(-c4ccc(-c5ccccc5)cc4)cc3)c2c1. The first-order valence-electron chi connectivity index (χ1n) is 24.2. The van der Waals surface area contributed by atoms with Gasteiger partial charge in [0.15, 0.2) is 0 Å². The van der Waals surface area contributed by atoms with Crippen LogP contribution in [0.1, 0.15) is 37.5 Å². The second kappa shape index (κ2) is 16.8. The molecule has 0 radical (unpaired) electrons. The molecule has 1 aromatic heterocycles. The van der Waals surface area contributed by atoms with Gasteiger partial charge < -0.3 is 4.57 Å². The molecule has 330 valence electrons. The van der Waals surface area contributed by atoms with Gasteiger partial charge in [0.2, 0.25) is 0 Å². The van der Waals surface area contributed by atoms with Gasteiger partial charge in [0.25, 0.3) is 0 Å². The van der Waals surface area contributed by atoms with E-state index in [2.05, 4.69) is 270 Å². The molecule has 0 aliphatic rings. The number of benzene rings is 11. The Bertz CT molecular complexity index is 3870. The predicted octanol–water partition coefficient (Wildman–Crippen LogP) is 19.0. The van der Waals surface area contributed by atoms with Crippen LogP contribution >= 0.6 is 0 Å². The highest BCUT2D eigenvalue weighted by molar-refractivity contribution is 6.21. The van der Waals surface area contributed by atoms with Crippen LogP contribution in [0.5, 0.6) is 0 Å². The van der Waals surface area contributed by atoms with E-state index >= 15 is 0 Å². The van der Waals surface area contributed by atoms with Crippen molar-refractivity contribution in [2.24, 2.45) is 0 Å². The number of hydrogen-bond acceptors (Lipinski definition) is 0. The van der Waals surface area contributed by atoms with Crippen LogP contribution in [0, 0.1) is 13.8 Å². The zero-order valence-electron chi connectivity index (χ0n) is 39.9. The fraction of sp³-hybridized carbons (Fsp3) is 0.0882. The molecule has 0 atom stereocenters. The molecule has 0 aliphatic heterocycles. The van der Waals surface area contributed by atoms with Crippen LogP contribution in [0.25, 0.3) is 116 Å². The number of para-hydroxylation sites is 1. The summed E-state index contributed by atoms with van der Waals surface area (Å²) in [6.45, 7) is 11.3. The highest BCUT2D eigenvalue weighted by atomic mass is 15.0. The lowest BCUT2D eigenvalue weighted by Crippen LogP contribution is -2.10. The molecule has 0 bridgehead atoms. The third kappa shape index (κ3) is 7.61. The maximum Gasteiger partial charge on any atom is 0.0541 e. The van der Waals surface area contributed by atoms with Crippen molar-refractivity contribution in [2.75, 3.05) is 0 Å². The predicted molar refractivity (Wildman–Crippen MR) is 297 cm³/mol. The van der Waals surface area contributed by atoms with Gasteiger partial charge in [-0.25, -0.2) is 0 Å². The quantitative estimate of drug-likeness (QED) is 0.141. The van der Waals surface area contributed by atoms with Gasteiger partial charge in [0, 0.05) is 16.5 Å². The van der Waals surface area contributed by atoms with Crippen molar-refractivity contribution in [1.82, 2.24) is 4.57 Å².